The minimum atomic E-state index is -2.47. The van der Waals surface area contributed by atoms with Gasteiger partial charge in [0.15, 0.2) is 6.29 Å². The van der Waals surface area contributed by atoms with Crippen LogP contribution in [0.5, 0.6) is 0 Å². The van der Waals surface area contributed by atoms with E-state index in [2.05, 4.69) is 4.74 Å². The van der Waals surface area contributed by atoms with Crippen LogP contribution < -0.4 is 5.73 Å². The summed E-state index contributed by atoms with van der Waals surface area (Å²) in [7, 11) is 0. The number of hydrogen-bond donors (Lipinski definition) is 5. The van der Waals surface area contributed by atoms with E-state index in [9.17, 15) is 19.8 Å². The molecule has 0 saturated carbocycles. The molecule has 0 aliphatic carbocycles. The van der Waals surface area contributed by atoms with E-state index < -0.39 is 36.6 Å². The number of hydrogen-bond acceptors (Lipinski definition) is 8. The summed E-state index contributed by atoms with van der Waals surface area (Å²) in [4.78, 5) is 21.2. The molecule has 4 atom stereocenters. The van der Waals surface area contributed by atoms with Gasteiger partial charge in [-0.15, -0.1) is 0 Å². The summed E-state index contributed by atoms with van der Waals surface area (Å²) < 4.78 is 4.33. The van der Waals surface area contributed by atoms with E-state index in [1.165, 1.54) is 0 Å². The number of esters is 1. The number of ether oxygens (including phenoxy) is 1. The third-order valence-corrected chi connectivity index (χ3v) is 1.87. The SMILES string of the molecule is CC(=O)O[C@@](N)(C=O)[C@@H](O)[C@@H](O)[C@H](O)CO. The molecule has 94 valence electrons. The molecule has 0 spiro atoms. The van der Waals surface area contributed by atoms with Crippen molar-refractivity contribution in [3.8, 4) is 0 Å². The van der Waals surface area contributed by atoms with Gasteiger partial charge in [-0.1, -0.05) is 0 Å². The number of carbonyl (C=O) groups is 2. The lowest BCUT2D eigenvalue weighted by atomic mass is 9.99. The lowest BCUT2D eigenvalue weighted by Gasteiger charge is -2.32. The van der Waals surface area contributed by atoms with Crippen LogP contribution in [-0.4, -0.2) is 63.3 Å². The number of aliphatic hydroxyl groups excluding tert-OH is 4. The molecule has 0 bridgehead atoms. The average Bonchev–Trinajstić information content (AvgIpc) is 2.24. The van der Waals surface area contributed by atoms with Crippen LogP contribution in [0.4, 0.5) is 0 Å². The summed E-state index contributed by atoms with van der Waals surface area (Å²) >= 11 is 0. The molecule has 0 fully saturated rings. The second-order valence-corrected chi connectivity index (χ2v) is 3.25. The van der Waals surface area contributed by atoms with Gasteiger partial charge in [0.25, 0.3) is 0 Å². The van der Waals surface area contributed by atoms with E-state index in [0.717, 1.165) is 6.92 Å². The molecule has 8 heteroatoms. The fourth-order valence-corrected chi connectivity index (χ4v) is 0.988. The first-order valence-electron chi connectivity index (χ1n) is 4.38. The van der Waals surface area contributed by atoms with Crippen LogP contribution in [0.3, 0.4) is 0 Å². The summed E-state index contributed by atoms with van der Waals surface area (Å²) in [5.41, 5.74) is 2.75. The molecule has 0 aliphatic heterocycles. The van der Waals surface area contributed by atoms with Crippen molar-refractivity contribution in [1.29, 1.82) is 0 Å². The Morgan fingerprint density at radius 1 is 1.50 bits per heavy atom. The van der Waals surface area contributed by atoms with Crippen molar-refractivity contribution < 1.29 is 34.8 Å². The minimum Gasteiger partial charge on any atom is -0.434 e. The van der Waals surface area contributed by atoms with Crippen molar-refractivity contribution in [2.24, 2.45) is 5.73 Å². The number of aliphatic hydroxyl groups is 4. The van der Waals surface area contributed by atoms with Crippen LogP contribution in [0.2, 0.25) is 0 Å². The quantitative estimate of drug-likeness (QED) is 0.181. The summed E-state index contributed by atoms with van der Waals surface area (Å²) in [6, 6.07) is 0. The molecular weight excluding hydrogens is 222 g/mol. The van der Waals surface area contributed by atoms with Crippen molar-refractivity contribution in [1.82, 2.24) is 0 Å². The highest BCUT2D eigenvalue weighted by Gasteiger charge is 2.43. The summed E-state index contributed by atoms with van der Waals surface area (Å²) in [5, 5.41) is 36.2. The second-order valence-electron chi connectivity index (χ2n) is 3.25. The van der Waals surface area contributed by atoms with Crippen LogP contribution in [0.1, 0.15) is 6.92 Å². The van der Waals surface area contributed by atoms with Crippen molar-refractivity contribution in [3.63, 3.8) is 0 Å². The Morgan fingerprint density at radius 3 is 2.31 bits per heavy atom. The van der Waals surface area contributed by atoms with Crippen molar-refractivity contribution in [3.05, 3.63) is 0 Å². The van der Waals surface area contributed by atoms with Crippen molar-refractivity contribution in [2.45, 2.75) is 31.0 Å². The van der Waals surface area contributed by atoms with E-state index in [1.54, 1.807) is 0 Å². The molecule has 0 aliphatic rings. The maximum absolute atomic E-state index is 10.6. The van der Waals surface area contributed by atoms with Gasteiger partial charge in [-0.2, -0.15) is 0 Å². The lowest BCUT2D eigenvalue weighted by molar-refractivity contribution is -0.189. The first-order valence-corrected chi connectivity index (χ1v) is 4.38. The zero-order chi connectivity index (χ0) is 12.9. The van der Waals surface area contributed by atoms with Crippen LogP contribution in [-0.2, 0) is 14.3 Å². The molecule has 0 aromatic carbocycles. The predicted molar refractivity (Wildman–Crippen MR) is 49.9 cm³/mol. The Bertz CT molecular complexity index is 259. The summed E-state index contributed by atoms with van der Waals surface area (Å²) in [5.74, 6) is -0.945. The Kier molecular flexibility index (Phi) is 5.48. The highest BCUT2D eigenvalue weighted by atomic mass is 16.6. The fourth-order valence-electron chi connectivity index (χ4n) is 0.988. The highest BCUT2D eigenvalue weighted by molar-refractivity contribution is 5.72. The predicted octanol–water partition coefficient (Wildman–Crippen LogP) is -3.52. The Morgan fingerprint density at radius 2 is 2.00 bits per heavy atom. The lowest BCUT2D eigenvalue weighted by Crippen LogP contribution is -2.62. The van der Waals surface area contributed by atoms with Gasteiger partial charge in [-0.3, -0.25) is 15.3 Å². The molecule has 6 N–H and O–H groups in total. The number of rotatable bonds is 6. The van der Waals surface area contributed by atoms with Gasteiger partial charge in [0, 0.05) is 6.92 Å². The Labute approximate surface area is 91.2 Å². The standard InChI is InChI=1S/C8H15NO7/c1-4(12)16-8(9,3-11)7(15)6(14)5(13)2-10/h3,5-7,10,13-15H,2,9H2,1H3/t5-,6+,7+,8+/m1/s1. The molecule has 0 aromatic heterocycles. The minimum absolute atomic E-state index is 0.0770. The topological polar surface area (TPSA) is 150 Å². The van der Waals surface area contributed by atoms with E-state index in [0.29, 0.717) is 0 Å². The fraction of sp³-hybridized carbons (Fsp3) is 0.750. The Balaban J connectivity index is 4.81. The molecule has 8 nitrogen and oxygen atoms in total. The van der Waals surface area contributed by atoms with Crippen LogP contribution >= 0.6 is 0 Å². The van der Waals surface area contributed by atoms with E-state index in [-0.39, 0.29) is 6.29 Å². The van der Waals surface area contributed by atoms with Gasteiger partial charge in [0.2, 0.25) is 5.72 Å². The molecular formula is C8H15NO7. The molecule has 16 heavy (non-hydrogen) atoms. The van der Waals surface area contributed by atoms with E-state index in [1.807, 2.05) is 0 Å². The molecule has 0 aromatic rings. The van der Waals surface area contributed by atoms with Crippen LogP contribution in [0.15, 0.2) is 0 Å². The molecule has 0 saturated heterocycles. The molecule has 0 amide bonds. The van der Waals surface area contributed by atoms with Crippen molar-refractivity contribution >= 4 is 12.3 Å². The van der Waals surface area contributed by atoms with E-state index >= 15 is 0 Å². The number of carbonyl (C=O) groups excluding carboxylic acids is 2. The molecule has 0 rings (SSSR count). The maximum Gasteiger partial charge on any atom is 0.304 e. The van der Waals surface area contributed by atoms with Gasteiger partial charge < -0.3 is 25.2 Å². The van der Waals surface area contributed by atoms with Gasteiger partial charge in [0.05, 0.1) is 6.61 Å². The summed E-state index contributed by atoms with van der Waals surface area (Å²) in [6.45, 7) is 0.0971. The van der Waals surface area contributed by atoms with Gasteiger partial charge >= 0.3 is 5.97 Å². The first-order chi connectivity index (χ1) is 7.28. The van der Waals surface area contributed by atoms with Crippen LogP contribution in [0.25, 0.3) is 0 Å². The van der Waals surface area contributed by atoms with Crippen molar-refractivity contribution in [2.75, 3.05) is 6.61 Å². The normalized spacial score (nSPS) is 20.4. The van der Waals surface area contributed by atoms with Gasteiger partial charge in [-0.05, 0) is 0 Å². The molecule has 0 unspecified atom stereocenters. The van der Waals surface area contributed by atoms with Gasteiger partial charge in [0.1, 0.15) is 18.3 Å². The zero-order valence-corrected chi connectivity index (χ0v) is 8.61. The molecule has 0 heterocycles. The average molecular weight is 237 g/mol. The zero-order valence-electron chi connectivity index (χ0n) is 8.61. The number of nitrogens with two attached hydrogens (primary N) is 1. The first kappa shape index (κ1) is 14.9. The number of aldehydes is 1. The summed E-state index contributed by atoms with van der Waals surface area (Å²) in [6.07, 6.45) is -5.78. The third-order valence-electron chi connectivity index (χ3n) is 1.87. The largest absolute Gasteiger partial charge is 0.434 e. The van der Waals surface area contributed by atoms with Crippen LogP contribution in [0, 0.1) is 0 Å². The second kappa shape index (κ2) is 5.87. The van der Waals surface area contributed by atoms with E-state index in [4.69, 9.17) is 15.9 Å². The monoisotopic (exact) mass is 237 g/mol. The highest BCUT2D eigenvalue weighted by Crippen LogP contribution is 2.13. The molecule has 0 radical (unpaired) electrons. The van der Waals surface area contributed by atoms with Gasteiger partial charge in [-0.25, -0.2) is 0 Å². The third kappa shape index (κ3) is 3.51. The smallest absolute Gasteiger partial charge is 0.304 e. The Hall–Kier alpha value is -1.06. The maximum atomic E-state index is 10.6.